The Labute approximate surface area is 143 Å². The van der Waals surface area contributed by atoms with Crippen LogP contribution in [0.5, 0.6) is 0 Å². The lowest BCUT2D eigenvalue weighted by Gasteiger charge is -2.13. The number of hydrogen-bond acceptors (Lipinski definition) is 6. The van der Waals surface area contributed by atoms with Gasteiger partial charge in [0.1, 0.15) is 0 Å². The standard InChI is InChI=1S/C12H10Cl2N2O4S2/c13-9-5-7(15(17)18)1-3-11(9)21-22-12-4-2-8(16(19)20)6-10(12)14/h1-6,15-17,19H. The van der Waals surface area contributed by atoms with Crippen molar-refractivity contribution in [2.45, 2.75) is 9.79 Å². The Morgan fingerprint density at radius 2 is 1.14 bits per heavy atom. The molecule has 10 heteroatoms. The summed E-state index contributed by atoms with van der Waals surface area (Å²) in [5, 5.41) is 38.0. The van der Waals surface area contributed by atoms with Crippen molar-refractivity contribution in [3.63, 3.8) is 0 Å². The summed E-state index contributed by atoms with van der Waals surface area (Å²) < 4.78 is 0. The lowest BCUT2D eigenvalue weighted by Crippen LogP contribution is -2.99. The van der Waals surface area contributed by atoms with E-state index in [2.05, 4.69) is 0 Å². The summed E-state index contributed by atoms with van der Waals surface area (Å²) in [5.74, 6) is 0. The molecule has 2 rings (SSSR count). The van der Waals surface area contributed by atoms with E-state index in [1.807, 2.05) is 0 Å². The van der Waals surface area contributed by atoms with Crippen molar-refractivity contribution in [1.82, 2.24) is 0 Å². The maximum absolute atomic E-state index is 10.8. The van der Waals surface area contributed by atoms with Crippen molar-refractivity contribution in [3.8, 4) is 0 Å². The van der Waals surface area contributed by atoms with Gasteiger partial charge >= 0.3 is 0 Å². The smallest absolute Gasteiger partial charge is 0.165 e. The van der Waals surface area contributed by atoms with Crippen molar-refractivity contribution in [2.75, 3.05) is 0 Å². The lowest BCUT2D eigenvalue weighted by molar-refractivity contribution is -0.991. The SMILES string of the molecule is [O-][NH+](O)c1ccc(SSc2ccc([NH+]([O-])O)cc2Cl)c(Cl)c1. The summed E-state index contributed by atoms with van der Waals surface area (Å²) in [6, 6.07) is 8.91. The summed E-state index contributed by atoms with van der Waals surface area (Å²) in [6.45, 7) is 0. The number of rotatable bonds is 5. The van der Waals surface area contributed by atoms with Crippen molar-refractivity contribution in [3.05, 3.63) is 56.9 Å². The van der Waals surface area contributed by atoms with E-state index in [1.165, 1.54) is 45.9 Å². The average molecular weight is 381 g/mol. The lowest BCUT2D eigenvalue weighted by atomic mass is 10.3. The summed E-state index contributed by atoms with van der Waals surface area (Å²) >= 11 is 12.1. The molecule has 0 fully saturated rings. The van der Waals surface area contributed by atoms with Crippen LogP contribution in [0.1, 0.15) is 0 Å². The Morgan fingerprint density at radius 3 is 1.41 bits per heavy atom. The Hall–Kier alpha value is -0.520. The van der Waals surface area contributed by atoms with Crippen LogP contribution < -0.4 is 10.5 Å². The molecule has 0 aliphatic carbocycles. The van der Waals surface area contributed by atoms with Crippen molar-refractivity contribution in [1.29, 1.82) is 0 Å². The van der Waals surface area contributed by atoms with Gasteiger partial charge in [-0.25, -0.2) is 10.4 Å². The zero-order valence-corrected chi connectivity index (χ0v) is 13.9. The zero-order chi connectivity index (χ0) is 16.3. The molecule has 118 valence electrons. The first-order valence-electron chi connectivity index (χ1n) is 5.78. The molecule has 0 radical (unpaired) electrons. The van der Waals surface area contributed by atoms with E-state index in [0.29, 0.717) is 19.8 Å². The van der Waals surface area contributed by atoms with Gasteiger partial charge < -0.3 is 10.4 Å². The van der Waals surface area contributed by atoms with Crippen molar-refractivity contribution < 1.29 is 20.9 Å². The third-order valence-electron chi connectivity index (χ3n) is 2.58. The molecule has 0 spiro atoms. The third kappa shape index (κ3) is 4.49. The van der Waals surface area contributed by atoms with E-state index in [-0.39, 0.29) is 11.4 Å². The third-order valence-corrected chi connectivity index (χ3v) is 5.91. The molecule has 0 saturated heterocycles. The fraction of sp³-hybridized carbons (Fsp3) is 0. The fourth-order valence-corrected chi connectivity index (χ4v) is 4.47. The highest BCUT2D eigenvalue weighted by Gasteiger charge is 2.10. The first-order chi connectivity index (χ1) is 10.4. The fourth-order valence-electron chi connectivity index (χ4n) is 1.49. The zero-order valence-electron chi connectivity index (χ0n) is 10.7. The molecule has 0 aliphatic rings. The predicted octanol–water partition coefficient (Wildman–Crippen LogP) is 2.60. The molecule has 0 heterocycles. The molecular formula is C12H10Cl2N2O4S2. The maximum Gasteiger partial charge on any atom is 0.165 e. The minimum absolute atomic E-state index is 0.114. The largest absolute Gasteiger partial charge is 0.595 e. The molecule has 0 aromatic heterocycles. The minimum atomic E-state index is -1.04. The van der Waals surface area contributed by atoms with E-state index in [0.717, 1.165) is 0 Å². The van der Waals surface area contributed by atoms with Gasteiger partial charge in [0.2, 0.25) is 0 Å². The van der Waals surface area contributed by atoms with Crippen molar-refractivity contribution in [2.24, 2.45) is 0 Å². The molecule has 6 nitrogen and oxygen atoms in total. The molecule has 2 aromatic rings. The number of quaternary nitrogens is 2. The monoisotopic (exact) mass is 380 g/mol. The second kappa shape index (κ2) is 7.84. The van der Waals surface area contributed by atoms with Crippen LogP contribution in [0.15, 0.2) is 46.2 Å². The summed E-state index contributed by atoms with van der Waals surface area (Å²) in [7, 11) is 2.62. The molecular weight excluding hydrogens is 371 g/mol. The highest BCUT2D eigenvalue weighted by Crippen LogP contribution is 2.43. The van der Waals surface area contributed by atoms with Gasteiger partial charge in [-0.15, -0.1) is 0 Å². The predicted molar refractivity (Wildman–Crippen MR) is 86.2 cm³/mol. The summed E-state index contributed by atoms with van der Waals surface area (Å²) in [6.07, 6.45) is 0. The van der Waals surface area contributed by atoms with Gasteiger partial charge in [0.25, 0.3) is 0 Å². The normalized spacial score (nSPS) is 13.9. The first kappa shape index (κ1) is 17.8. The quantitative estimate of drug-likeness (QED) is 0.470. The van der Waals surface area contributed by atoms with Crippen LogP contribution in [0.4, 0.5) is 11.4 Å². The molecule has 0 bridgehead atoms. The molecule has 22 heavy (non-hydrogen) atoms. The first-order valence-corrected chi connectivity index (χ1v) is 8.69. The number of halogens is 2. The molecule has 2 atom stereocenters. The van der Waals surface area contributed by atoms with Crippen LogP contribution in [0.3, 0.4) is 0 Å². The van der Waals surface area contributed by atoms with Crippen LogP contribution in [0.25, 0.3) is 0 Å². The van der Waals surface area contributed by atoms with Crippen LogP contribution >= 0.6 is 44.8 Å². The maximum atomic E-state index is 10.8. The number of benzene rings is 2. The molecule has 0 amide bonds. The Morgan fingerprint density at radius 1 is 0.773 bits per heavy atom. The Kier molecular flexibility index (Phi) is 6.36. The summed E-state index contributed by atoms with van der Waals surface area (Å²) in [5.41, 5.74) is 0.228. The van der Waals surface area contributed by atoms with Crippen LogP contribution in [0, 0.1) is 10.4 Å². The van der Waals surface area contributed by atoms with Gasteiger partial charge in [-0.2, -0.15) is 10.5 Å². The molecule has 2 unspecified atom stereocenters. The van der Waals surface area contributed by atoms with E-state index < -0.39 is 10.5 Å². The van der Waals surface area contributed by atoms with Crippen LogP contribution in [-0.4, -0.2) is 10.4 Å². The number of hydrogen-bond donors (Lipinski definition) is 4. The topological polar surface area (TPSA) is 95.5 Å². The second-order valence-electron chi connectivity index (χ2n) is 4.07. The van der Waals surface area contributed by atoms with Gasteiger partial charge in [0.05, 0.1) is 10.0 Å². The molecule has 4 N–H and O–H groups in total. The van der Waals surface area contributed by atoms with E-state index in [4.69, 9.17) is 33.6 Å². The van der Waals surface area contributed by atoms with E-state index in [1.54, 1.807) is 12.1 Å². The highest BCUT2D eigenvalue weighted by molar-refractivity contribution is 8.76. The summed E-state index contributed by atoms with van der Waals surface area (Å²) in [4.78, 5) is 1.38. The minimum Gasteiger partial charge on any atom is -0.595 e. The van der Waals surface area contributed by atoms with Gasteiger partial charge in [-0.1, -0.05) is 44.8 Å². The Balaban J connectivity index is 2.10. The molecule has 0 saturated carbocycles. The van der Waals surface area contributed by atoms with Gasteiger partial charge in [0.15, 0.2) is 11.4 Å². The van der Waals surface area contributed by atoms with Crippen LogP contribution in [0.2, 0.25) is 10.0 Å². The van der Waals surface area contributed by atoms with Gasteiger partial charge in [0, 0.05) is 34.1 Å². The highest BCUT2D eigenvalue weighted by atomic mass is 35.5. The molecule has 0 aliphatic heterocycles. The Bertz CT molecular complexity index is 616. The number of nitrogens with one attached hydrogen (secondary N) is 2. The second-order valence-corrected chi connectivity index (χ2v) is 7.09. The van der Waals surface area contributed by atoms with E-state index >= 15 is 0 Å². The van der Waals surface area contributed by atoms with Crippen molar-refractivity contribution >= 4 is 56.2 Å². The average Bonchev–Trinajstić information content (AvgIpc) is 2.46. The van der Waals surface area contributed by atoms with Gasteiger partial charge in [-0.3, -0.25) is 0 Å². The van der Waals surface area contributed by atoms with E-state index in [9.17, 15) is 10.4 Å². The molecule has 2 aromatic carbocycles. The van der Waals surface area contributed by atoms with Crippen LogP contribution in [-0.2, 0) is 0 Å². The van der Waals surface area contributed by atoms with Gasteiger partial charge in [-0.05, 0) is 12.1 Å².